The lowest BCUT2D eigenvalue weighted by atomic mass is 10.0. The van der Waals surface area contributed by atoms with Gasteiger partial charge >= 0.3 is 0 Å². The molecule has 1 aromatic carbocycles. The predicted octanol–water partition coefficient (Wildman–Crippen LogP) is 1.69. The molecule has 0 aliphatic carbocycles. The largest absolute Gasteiger partial charge is 0.378 e. The number of hydrogen-bond donors (Lipinski definition) is 2. The SMILES string of the molecule is CCn1nc(C)cc1-c1nnc(-c2cc(C(N)=O)cc3c2cnn3CCOCCN(C)C)[nH]1. The molecule has 33 heavy (non-hydrogen) atoms. The Morgan fingerprint density at radius 2 is 1.94 bits per heavy atom. The van der Waals surface area contributed by atoms with Crippen LogP contribution < -0.4 is 5.73 Å². The van der Waals surface area contributed by atoms with Crippen LogP contribution in [0.1, 0.15) is 23.0 Å². The molecule has 11 heteroatoms. The quantitative estimate of drug-likeness (QED) is 0.351. The zero-order valence-corrected chi connectivity index (χ0v) is 19.4. The van der Waals surface area contributed by atoms with Crippen LogP contribution in [0.4, 0.5) is 0 Å². The maximum absolute atomic E-state index is 12.0. The topological polar surface area (TPSA) is 133 Å². The molecule has 0 saturated carbocycles. The summed E-state index contributed by atoms with van der Waals surface area (Å²) in [5, 5.41) is 18.5. The molecule has 1 amide bonds. The van der Waals surface area contributed by atoms with E-state index in [0.29, 0.717) is 49.1 Å². The number of rotatable bonds is 10. The number of H-pyrrole nitrogens is 1. The van der Waals surface area contributed by atoms with Crippen molar-refractivity contribution in [3.05, 3.63) is 35.7 Å². The van der Waals surface area contributed by atoms with Crippen molar-refractivity contribution in [2.45, 2.75) is 26.9 Å². The maximum atomic E-state index is 12.0. The average Bonchev–Trinajstić information content (AvgIpc) is 3.50. The van der Waals surface area contributed by atoms with E-state index in [9.17, 15) is 4.79 Å². The second kappa shape index (κ2) is 9.51. The molecule has 0 aliphatic rings. The van der Waals surface area contributed by atoms with Crippen LogP contribution in [-0.2, 0) is 17.8 Å². The number of nitrogens with zero attached hydrogens (tertiary/aromatic N) is 7. The van der Waals surface area contributed by atoms with Gasteiger partial charge in [-0.25, -0.2) is 0 Å². The maximum Gasteiger partial charge on any atom is 0.248 e. The van der Waals surface area contributed by atoms with Crippen LogP contribution in [0.5, 0.6) is 0 Å². The molecular weight excluding hydrogens is 422 g/mol. The van der Waals surface area contributed by atoms with Crippen LogP contribution in [0.15, 0.2) is 24.4 Å². The summed E-state index contributed by atoms with van der Waals surface area (Å²) in [6.45, 7) is 7.21. The Morgan fingerprint density at radius 3 is 2.67 bits per heavy atom. The molecular formula is C22H29N9O2. The van der Waals surface area contributed by atoms with Gasteiger partial charge in [-0.05, 0) is 46.1 Å². The highest BCUT2D eigenvalue weighted by Crippen LogP contribution is 2.29. The van der Waals surface area contributed by atoms with E-state index in [-0.39, 0.29) is 0 Å². The van der Waals surface area contributed by atoms with Crippen LogP contribution >= 0.6 is 0 Å². The molecule has 174 valence electrons. The summed E-state index contributed by atoms with van der Waals surface area (Å²) in [6.07, 6.45) is 1.76. The first-order valence-corrected chi connectivity index (χ1v) is 10.9. The number of carbonyl (C=O) groups excluding carboxylic acids is 1. The van der Waals surface area contributed by atoms with E-state index in [1.54, 1.807) is 18.3 Å². The zero-order valence-electron chi connectivity index (χ0n) is 19.4. The number of benzene rings is 1. The van der Waals surface area contributed by atoms with Crippen LogP contribution in [0.2, 0.25) is 0 Å². The third kappa shape index (κ3) is 4.78. The van der Waals surface area contributed by atoms with Crippen LogP contribution in [-0.4, -0.2) is 79.4 Å². The third-order valence-electron chi connectivity index (χ3n) is 5.36. The molecule has 0 unspecified atom stereocenters. The molecule has 0 saturated heterocycles. The molecule has 3 N–H and O–H groups in total. The normalized spacial score (nSPS) is 11.7. The first-order valence-electron chi connectivity index (χ1n) is 10.9. The molecule has 3 heterocycles. The molecule has 0 atom stereocenters. The first-order chi connectivity index (χ1) is 15.9. The van der Waals surface area contributed by atoms with E-state index in [4.69, 9.17) is 10.5 Å². The fraction of sp³-hybridized carbons (Fsp3) is 0.409. The second-order valence-electron chi connectivity index (χ2n) is 8.11. The van der Waals surface area contributed by atoms with Gasteiger partial charge in [0.05, 0.1) is 37.2 Å². The average molecular weight is 452 g/mol. The third-order valence-corrected chi connectivity index (χ3v) is 5.36. The van der Waals surface area contributed by atoms with Crippen molar-refractivity contribution in [1.29, 1.82) is 0 Å². The number of carbonyl (C=O) groups is 1. The Hall–Kier alpha value is -3.57. The molecule has 4 aromatic rings. The van der Waals surface area contributed by atoms with E-state index in [1.807, 2.05) is 43.4 Å². The van der Waals surface area contributed by atoms with Crippen molar-refractivity contribution in [3.63, 3.8) is 0 Å². The van der Waals surface area contributed by atoms with Crippen LogP contribution in [0.3, 0.4) is 0 Å². The van der Waals surface area contributed by atoms with Gasteiger partial charge in [0, 0.05) is 29.6 Å². The minimum Gasteiger partial charge on any atom is -0.378 e. The van der Waals surface area contributed by atoms with Crippen LogP contribution in [0, 0.1) is 6.92 Å². The van der Waals surface area contributed by atoms with Crippen molar-refractivity contribution in [1.82, 2.24) is 39.6 Å². The monoisotopic (exact) mass is 451 g/mol. The predicted molar refractivity (Wildman–Crippen MR) is 125 cm³/mol. The molecule has 0 radical (unpaired) electrons. The Labute approximate surface area is 191 Å². The molecule has 0 spiro atoms. The number of nitrogens with two attached hydrogens (primary N) is 1. The van der Waals surface area contributed by atoms with Gasteiger partial charge in [0.1, 0.15) is 5.69 Å². The van der Waals surface area contributed by atoms with Gasteiger partial charge in [0.2, 0.25) is 5.91 Å². The Morgan fingerprint density at radius 1 is 1.15 bits per heavy atom. The molecule has 3 aromatic heterocycles. The number of amides is 1. The second-order valence-corrected chi connectivity index (χ2v) is 8.11. The summed E-state index contributed by atoms with van der Waals surface area (Å²) in [7, 11) is 4.01. The van der Waals surface area contributed by atoms with Crippen molar-refractivity contribution < 1.29 is 9.53 Å². The lowest BCUT2D eigenvalue weighted by Gasteiger charge is -2.10. The summed E-state index contributed by atoms with van der Waals surface area (Å²) in [4.78, 5) is 17.4. The number of fused-ring (bicyclic) bond motifs is 1. The van der Waals surface area contributed by atoms with E-state index >= 15 is 0 Å². The highest BCUT2D eigenvalue weighted by molar-refractivity contribution is 6.02. The van der Waals surface area contributed by atoms with Gasteiger partial charge < -0.3 is 20.4 Å². The van der Waals surface area contributed by atoms with Crippen molar-refractivity contribution in [2.24, 2.45) is 5.73 Å². The van der Waals surface area contributed by atoms with Gasteiger partial charge in [0.15, 0.2) is 11.6 Å². The fourth-order valence-corrected chi connectivity index (χ4v) is 3.67. The number of primary amides is 1. The van der Waals surface area contributed by atoms with E-state index < -0.39 is 5.91 Å². The van der Waals surface area contributed by atoms with E-state index in [0.717, 1.165) is 28.8 Å². The van der Waals surface area contributed by atoms with Crippen molar-refractivity contribution in [2.75, 3.05) is 33.9 Å². The Kier molecular flexibility index (Phi) is 6.52. The summed E-state index contributed by atoms with van der Waals surface area (Å²) < 4.78 is 9.38. The summed E-state index contributed by atoms with van der Waals surface area (Å²) in [6, 6.07) is 5.43. The highest BCUT2D eigenvalue weighted by Gasteiger charge is 2.18. The lowest BCUT2D eigenvalue weighted by molar-refractivity contribution is 0.100. The van der Waals surface area contributed by atoms with E-state index in [1.165, 1.54) is 0 Å². The lowest BCUT2D eigenvalue weighted by Crippen LogP contribution is -2.19. The fourth-order valence-electron chi connectivity index (χ4n) is 3.67. The smallest absolute Gasteiger partial charge is 0.248 e. The van der Waals surface area contributed by atoms with Gasteiger partial charge in [-0.15, -0.1) is 10.2 Å². The van der Waals surface area contributed by atoms with Gasteiger partial charge in [-0.2, -0.15) is 10.2 Å². The number of aromatic nitrogens is 7. The first kappa shape index (κ1) is 22.6. The standard InChI is InChI=1S/C22H29N9O2/c1-5-30-19(10-14(2)28-30)22-25-21(26-27-22)16-11-15(20(23)32)12-18-17(16)13-24-31(18)7-9-33-8-6-29(3)4/h10-13H,5-9H2,1-4H3,(H2,23,32)(H,25,26,27). The number of likely N-dealkylation sites (N-methyl/N-ethyl adjacent to an activating group) is 1. The van der Waals surface area contributed by atoms with Crippen LogP contribution in [0.25, 0.3) is 33.8 Å². The summed E-state index contributed by atoms with van der Waals surface area (Å²) in [5.74, 6) is 0.612. The Bertz CT molecular complexity index is 1270. The van der Waals surface area contributed by atoms with Gasteiger partial charge in [-0.3, -0.25) is 14.2 Å². The highest BCUT2D eigenvalue weighted by atomic mass is 16.5. The summed E-state index contributed by atoms with van der Waals surface area (Å²) >= 11 is 0. The van der Waals surface area contributed by atoms with E-state index in [2.05, 4.69) is 30.3 Å². The number of aromatic amines is 1. The minimum absolute atomic E-state index is 0.375. The molecule has 0 fully saturated rings. The molecule has 0 aliphatic heterocycles. The van der Waals surface area contributed by atoms with Gasteiger partial charge in [0.25, 0.3) is 0 Å². The number of ether oxygens (including phenoxy) is 1. The Balaban J connectivity index is 1.67. The van der Waals surface area contributed by atoms with Crippen molar-refractivity contribution >= 4 is 16.8 Å². The minimum atomic E-state index is -0.521. The van der Waals surface area contributed by atoms with Gasteiger partial charge in [-0.1, -0.05) is 0 Å². The van der Waals surface area contributed by atoms with Crippen molar-refractivity contribution in [3.8, 4) is 22.9 Å². The molecule has 0 bridgehead atoms. The molecule has 11 nitrogen and oxygen atoms in total. The summed E-state index contributed by atoms with van der Waals surface area (Å²) in [5.41, 5.74) is 9.23. The number of hydrogen-bond acceptors (Lipinski definition) is 7. The zero-order chi connectivity index (χ0) is 23.5. The molecule has 4 rings (SSSR count). The number of aryl methyl sites for hydroxylation is 2. The number of nitrogens with one attached hydrogen (secondary N) is 1.